The van der Waals surface area contributed by atoms with Gasteiger partial charge in [-0.3, -0.25) is 0 Å². The van der Waals surface area contributed by atoms with E-state index < -0.39 is 6.10 Å². The molecular weight excluding hydrogens is 252 g/mol. The number of nitrogen functional groups attached to an aromatic ring is 1. The van der Waals surface area contributed by atoms with Crippen LogP contribution in [-0.4, -0.2) is 42.4 Å². The van der Waals surface area contributed by atoms with E-state index in [4.69, 9.17) is 10.5 Å². The third-order valence-electron chi connectivity index (χ3n) is 3.98. The Labute approximate surface area is 121 Å². The van der Waals surface area contributed by atoms with E-state index in [2.05, 4.69) is 18.7 Å². The van der Waals surface area contributed by atoms with Crippen LogP contribution in [0.4, 0.5) is 5.69 Å². The molecule has 0 bridgehead atoms. The first-order valence-corrected chi connectivity index (χ1v) is 7.33. The van der Waals surface area contributed by atoms with Gasteiger partial charge < -0.3 is 20.5 Å². The van der Waals surface area contributed by atoms with Crippen molar-refractivity contribution in [3.8, 4) is 5.75 Å². The Balaban J connectivity index is 1.72. The number of rotatable bonds is 5. The number of nitrogens with two attached hydrogens (primary N) is 1. The maximum absolute atomic E-state index is 10.1. The Bertz CT molecular complexity index is 424. The quantitative estimate of drug-likeness (QED) is 0.810. The molecule has 0 radical (unpaired) electrons. The van der Waals surface area contributed by atoms with Gasteiger partial charge in [-0.25, -0.2) is 0 Å². The average Bonchev–Trinajstić information content (AvgIpc) is 2.39. The van der Waals surface area contributed by atoms with Gasteiger partial charge >= 0.3 is 0 Å². The number of anilines is 1. The lowest BCUT2D eigenvalue weighted by molar-refractivity contribution is 0.0442. The lowest BCUT2D eigenvalue weighted by Gasteiger charge is -2.37. The summed E-state index contributed by atoms with van der Waals surface area (Å²) in [6.07, 6.45) is 1.92. The first-order chi connectivity index (χ1) is 9.44. The SMILES string of the molecule is CC1(C)CCN(CC(O)COc2cccc(N)c2)CC1. The molecule has 0 aromatic heterocycles. The molecule has 1 aromatic rings. The van der Waals surface area contributed by atoms with E-state index in [1.165, 1.54) is 12.8 Å². The zero-order valence-corrected chi connectivity index (χ0v) is 12.5. The van der Waals surface area contributed by atoms with E-state index in [0.717, 1.165) is 13.1 Å². The number of hydrogen-bond donors (Lipinski definition) is 2. The van der Waals surface area contributed by atoms with E-state index in [1.54, 1.807) is 6.07 Å². The summed E-state index contributed by atoms with van der Waals surface area (Å²) in [5, 5.41) is 10.1. The van der Waals surface area contributed by atoms with E-state index in [0.29, 0.717) is 30.0 Å². The first-order valence-electron chi connectivity index (χ1n) is 7.33. The fraction of sp³-hybridized carbons (Fsp3) is 0.625. The highest BCUT2D eigenvalue weighted by atomic mass is 16.5. The van der Waals surface area contributed by atoms with Crippen LogP contribution in [0.1, 0.15) is 26.7 Å². The zero-order chi connectivity index (χ0) is 14.6. The van der Waals surface area contributed by atoms with Crippen molar-refractivity contribution in [1.82, 2.24) is 4.90 Å². The number of hydrogen-bond acceptors (Lipinski definition) is 4. The molecule has 1 aliphatic rings. The Kier molecular flexibility index (Phi) is 4.89. The number of ether oxygens (including phenoxy) is 1. The summed E-state index contributed by atoms with van der Waals surface area (Å²) in [7, 11) is 0. The van der Waals surface area contributed by atoms with Gasteiger partial charge in [0.25, 0.3) is 0 Å². The second-order valence-corrected chi connectivity index (χ2v) is 6.50. The lowest BCUT2D eigenvalue weighted by Crippen LogP contribution is -2.42. The highest BCUT2D eigenvalue weighted by Gasteiger charge is 2.26. The molecule has 0 spiro atoms. The summed E-state index contributed by atoms with van der Waals surface area (Å²) >= 11 is 0. The van der Waals surface area contributed by atoms with E-state index in [-0.39, 0.29) is 0 Å². The number of β-amino-alcohol motifs (C(OH)–C–C–N with tert-alkyl or cyclic N) is 1. The molecule has 1 heterocycles. The summed E-state index contributed by atoms with van der Waals surface area (Å²) in [4.78, 5) is 2.32. The van der Waals surface area contributed by atoms with Crippen molar-refractivity contribution in [3.63, 3.8) is 0 Å². The van der Waals surface area contributed by atoms with Crippen molar-refractivity contribution in [3.05, 3.63) is 24.3 Å². The topological polar surface area (TPSA) is 58.7 Å². The molecule has 1 aliphatic heterocycles. The van der Waals surface area contributed by atoms with Crippen LogP contribution in [0.25, 0.3) is 0 Å². The van der Waals surface area contributed by atoms with Crippen molar-refractivity contribution in [2.45, 2.75) is 32.8 Å². The summed E-state index contributed by atoms with van der Waals surface area (Å²) in [5.41, 5.74) is 6.81. The number of benzene rings is 1. The summed E-state index contributed by atoms with van der Waals surface area (Å²) in [6.45, 7) is 7.72. The maximum Gasteiger partial charge on any atom is 0.121 e. The van der Waals surface area contributed by atoms with Gasteiger partial charge in [-0.05, 0) is 43.5 Å². The minimum atomic E-state index is -0.461. The lowest BCUT2D eigenvalue weighted by atomic mass is 9.82. The van der Waals surface area contributed by atoms with E-state index in [9.17, 15) is 5.11 Å². The Hall–Kier alpha value is -1.26. The minimum Gasteiger partial charge on any atom is -0.491 e. The molecule has 1 aromatic carbocycles. The molecule has 0 amide bonds. The van der Waals surface area contributed by atoms with Crippen LogP contribution in [0.3, 0.4) is 0 Å². The van der Waals surface area contributed by atoms with Gasteiger partial charge in [0.2, 0.25) is 0 Å². The average molecular weight is 278 g/mol. The van der Waals surface area contributed by atoms with E-state index >= 15 is 0 Å². The standard InChI is InChI=1S/C16H26N2O2/c1-16(2)6-8-18(9-7-16)11-14(19)12-20-15-5-3-4-13(17)10-15/h3-5,10,14,19H,6-9,11-12,17H2,1-2H3. The Morgan fingerprint density at radius 2 is 2.05 bits per heavy atom. The molecule has 0 saturated carbocycles. The molecule has 2 rings (SSSR count). The van der Waals surface area contributed by atoms with Crippen molar-refractivity contribution >= 4 is 5.69 Å². The maximum atomic E-state index is 10.1. The van der Waals surface area contributed by atoms with Crippen molar-refractivity contribution < 1.29 is 9.84 Å². The van der Waals surface area contributed by atoms with Gasteiger partial charge in [-0.15, -0.1) is 0 Å². The number of likely N-dealkylation sites (tertiary alicyclic amines) is 1. The first kappa shape index (κ1) is 15.1. The predicted molar refractivity (Wildman–Crippen MR) is 81.8 cm³/mol. The van der Waals surface area contributed by atoms with Crippen LogP contribution in [0.15, 0.2) is 24.3 Å². The van der Waals surface area contributed by atoms with Crippen LogP contribution in [-0.2, 0) is 0 Å². The highest BCUT2D eigenvalue weighted by molar-refractivity contribution is 5.43. The number of aliphatic hydroxyl groups excluding tert-OH is 1. The van der Waals surface area contributed by atoms with Gasteiger partial charge in [0, 0.05) is 18.3 Å². The number of aliphatic hydroxyl groups is 1. The molecule has 20 heavy (non-hydrogen) atoms. The van der Waals surface area contributed by atoms with Gasteiger partial charge in [0.05, 0.1) is 0 Å². The summed E-state index contributed by atoms with van der Waals surface area (Å²) < 4.78 is 5.57. The van der Waals surface area contributed by atoms with Crippen LogP contribution < -0.4 is 10.5 Å². The molecule has 4 nitrogen and oxygen atoms in total. The normalized spacial score (nSPS) is 20.6. The van der Waals surface area contributed by atoms with Crippen molar-refractivity contribution in [2.24, 2.45) is 5.41 Å². The molecule has 3 N–H and O–H groups in total. The van der Waals surface area contributed by atoms with Crippen molar-refractivity contribution in [2.75, 3.05) is 32.0 Å². The second kappa shape index (κ2) is 6.46. The van der Waals surface area contributed by atoms with Crippen LogP contribution in [0, 0.1) is 5.41 Å². The molecular formula is C16H26N2O2. The predicted octanol–water partition coefficient (Wildman–Crippen LogP) is 2.13. The monoisotopic (exact) mass is 278 g/mol. The highest BCUT2D eigenvalue weighted by Crippen LogP contribution is 2.29. The number of nitrogens with zero attached hydrogens (tertiary/aromatic N) is 1. The van der Waals surface area contributed by atoms with Gasteiger partial charge in [0.15, 0.2) is 0 Å². The van der Waals surface area contributed by atoms with Crippen LogP contribution in [0.2, 0.25) is 0 Å². The summed E-state index contributed by atoms with van der Waals surface area (Å²) in [5.74, 6) is 0.712. The van der Waals surface area contributed by atoms with Crippen molar-refractivity contribution in [1.29, 1.82) is 0 Å². The molecule has 0 aliphatic carbocycles. The number of piperidine rings is 1. The molecule has 1 fully saturated rings. The zero-order valence-electron chi connectivity index (χ0n) is 12.5. The molecule has 112 valence electrons. The smallest absolute Gasteiger partial charge is 0.121 e. The van der Waals surface area contributed by atoms with Crippen LogP contribution in [0.5, 0.6) is 5.75 Å². The summed E-state index contributed by atoms with van der Waals surface area (Å²) in [6, 6.07) is 7.30. The molecule has 1 atom stereocenters. The van der Waals surface area contributed by atoms with E-state index in [1.807, 2.05) is 18.2 Å². The van der Waals surface area contributed by atoms with Crippen LogP contribution >= 0.6 is 0 Å². The fourth-order valence-electron chi connectivity index (χ4n) is 2.49. The Morgan fingerprint density at radius 3 is 2.70 bits per heavy atom. The van der Waals surface area contributed by atoms with Gasteiger partial charge in [-0.2, -0.15) is 0 Å². The van der Waals surface area contributed by atoms with Gasteiger partial charge in [0.1, 0.15) is 18.5 Å². The largest absolute Gasteiger partial charge is 0.491 e. The third-order valence-corrected chi connectivity index (χ3v) is 3.98. The molecule has 1 saturated heterocycles. The van der Waals surface area contributed by atoms with Gasteiger partial charge in [-0.1, -0.05) is 19.9 Å². The second-order valence-electron chi connectivity index (χ2n) is 6.50. The molecule has 1 unspecified atom stereocenters. The fourth-order valence-corrected chi connectivity index (χ4v) is 2.49. The minimum absolute atomic E-state index is 0.309. The Morgan fingerprint density at radius 1 is 1.35 bits per heavy atom. The molecule has 4 heteroatoms. The third kappa shape index (κ3) is 4.69.